The fraction of sp³-hybridized carbons (Fsp3) is 0.192. The zero-order valence-electron chi connectivity index (χ0n) is 19.8. The molecule has 180 valence electrons. The molecule has 0 amide bonds. The molecule has 0 fully saturated rings. The number of carbonyl (C=O) groups is 1. The van der Waals surface area contributed by atoms with E-state index in [0.29, 0.717) is 30.4 Å². The van der Waals surface area contributed by atoms with Crippen LogP contribution in [0.2, 0.25) is 0 Å². The SMILES string of the molecule is COc1ccccc1CNc1nc(NCc2ccccc2OC)n(C(=O)c2ccccc2OC)n1. The predicted octanol–water partition coefficient (Wildman–Crippen LogP) is 4.22. The van der Waals surface area contributed by atoms with Gasteiger partial charge in [-0.1, -0.05) is 48.5 Å². The minimum absolute atomic E-state index is 0.286. The highest BCUT2D eigenvalue weighted by atomic mass is 16.5. The van der Waals surface area contributed by atoms with Gasteiger partial charge in [0.25, 0.3) is 5.91 Å². The van der Waals surface area contributed by atoms with Crippen LogP contribution >= 0.6 is 0 Å². The van der Waals surface area contributed by atoms with Gasteiger partial charge in [-0.3, -0.25) is 4.79 Å². The van der Waals surface area contributed by atoms with Crippen molar-refractivity contribution in [3.63, 3.8) is 0 Å². The highest BCUT2D eigenvalue weighted by Gasteiger charge is 2.21. The highest BCUT2D eigenvalue weighted by Crippen LogP contribution is 2.23. The van der Waals surface area contributed by atoms with E-state index >= 15 is 0 Å². The first kappa shape index (κ1) is 23.6. The summed E-state index contributed by atoms with van der Waals surface area (Å²) in [6.07, 6.45) is 0. The molecule has 4 aromatic rings. The van der Waals surface area contributed by atoms with E-state index in [2.05, 4.69) is 20.7 Å². The number of hydrogen-bond acceptors (Lipinski definition) is 8. The summed E-state index contributed by atoms with van der Waals surface area (Å²) in [4.78, 5) is 18.0. The van der Waals surface area contributed by atoms with Crippen LogP contribution in [0.4, 0.5) is 11.9 Å². The van der Waals surface area contributed by atoms with E-state index in [9.17, 15) is 4.79 Å². The van der Waals surface area contributed by atoms with Crippen molar-refractivity contribution in [2.24, 2.45) is 0 Å². The molecule has 0 aliphatic carbocycles. The second kappa shape index (κ2) is 11.1. The van der Waals surface area contributed by atoms with E-state index in [1.807, 2.05) is 48.5 Å². The number of methoxy groups -OCH3 is 3. The maximum atomic E-state index is 13.4. The van der Waals surface area contributed by atoms with Crippen molar-refractivity contribution in [2.75, 3.05) is 32.0 Å². The summed E-state index contributed by atoms with van der Waals surface area (Å²) in [6, 6.07) is 22.3. The van der Waals surface area contributed by atoms with E-state index in [-0.39, 0.29) is 11.9 Å². The van der Waals surface area contributed by atoms with Crippen LogP contribution in [0.1, 0.15) is 21.5 Å². The Morgan fingerprint density at radius 1 is 0.743 bits per heavy atom. The summed E-state index contributed by atoms with van der Waals surface area (Å²) in [7, 11) is 4.76. The molecule has 0 radical (unpaired) electrons. The quantitative estimate of drug-likeness (QED) is 0.353. The van der Waals surface area contributed by atoms with Crippen LogP contribution in [0.25, 0.3) is 0 Å². The van der Waals surface area contributed by atoms with E-state index in [0.717, 1.165) is 22.6 Å². The largest absolute Gasteiger partial charge is 0.496 e. The molecule has 0 aliphatic rings. The Kier molecular flexibility index (Phi) is 7.47. The lowest BCUT2D eigenvalue weighted by atomic mass is 10.2. The average molecular weight is 474 g/mol. The number of anilines is 2. The molecule has 1 heterocycles. The monoisotopic (exact) mass is 473 g/mol. The second-order valence-electron chi connectivity index (χ2n) is 7.51. The van der Waals surface area contributed by atoms with Crippen LogP contribution in [0.5, 0.6) is 17.2 Å². The summed E-state index contributed by atoms with van der Waals surface area (Å²) in [5.74, 6) is 2.14. The van der Waals surface area contributed by atoms with Gasteiger partial charge < -0.3 is 24.8 Å². The molecule has 0 bridgehead atoms. The van der Waals surface area contributed by atoms with Crippen LogP contribution in [0, 0.1) is 0 Å². The number of rotatable bonds is 10. The lowest BCUT2D eigenvalue weighted by molar-refractivity contribution is 0.0944. The van der Waals surface area contributed by atoms with Crippen LogP contribution < -0.4 is 24.8 Å². The topological polar surface area (TPSA) is 99.5 Å². The first-order valence-corrected chi connectivity index (χ1v) is 11.0. The van der Waals surface area contributed by atoms with Gasteiger partial charge in [0.2, 0.25) is 11.9 Å². The van der Waals surface area contributed by atoms with Gasteiger partial charge in [0.05, 0.1) is 26.9 Å². The van der Waals surface area contributed by atoms with Crippen molar-refractivity contribution < 1.29 is 19.0 Å². The van der Waals surface area contributed by atoms with Gasteiger partial charge in [0.15, 0.2) is 0 Å². The van der Waals surface area contributed by atoms with Crippen LogP contribution in [0.15, 0.2) is 72.8 Å². The van der Waals surface area contributed by atoms with Gasteiger partial charge >= 0.3 is 0 Å². The molecule has 3 aromatic carbocycles. The molecule has 0 spiro atoms. The third-order valence-corrected chi connectivity index (χ3v) is 5.40. The van der Waals surface area contributed by atoms with Crippen LogP contribution in [-0.4, -0.2) is 42.0 Å². The summed E-state index contributed by atoms with van der Waals surface area (Å²) < 4.78 is 17.5. The first-order chi connectivity index (χ1) is 17.1. The Hall–Kier alpha value is -4.53. The van der Waals surface area contributed by atoms with Gasteiger partial charge in [-0.05, 0) is 24.3 Å². The van der Waals surface area contributed by atoms with Gasteiger partial charge in [-0.15, -0.1) is 5.10 Å². The Balaban J connectivity index is 1.63. The summed E-state index contributed by atoms with van der Waals surface area (Å²) in [5, 5.41) is 10.8. The molecule has 0 saturated carbocycles. The molecule has 4 rings (SSSR count). The van der Waals surface area contributed by atoms with Crippen molar-refractivity contribution in [1.29, 1.82) is 0 Å². The van der Waals surface area contributed by atoms with Gasteiger partial charge in [0, 0.05) is 24.2 Å². The Labute approximate surface area is 203 Å². The maximum absolute atomic E-state index is 13.4. The Morgan fingerprint density at radius 2 is 1.26 bits per heavy atom. The van der Waals surface area contributed by atoms with E-state index < -0.39 is 0 Å². The summed E-state index contributed by atoms with van der Waals surface area (Å²) in [5.41, 5.74) is 2.22. The molecule has 0 aliphatic heterocycles. The molecule has 2 N–H and O–H groups in total. The van der Waals surface area contributed by atoms with E-state index in [1.54, 1.807) is 38.5 Å². The van der Waals surface area contributed by atoms with Crippen molar-refractivity contribution >= 4 is 17.8 Å². The lowest BCUT2D eigenvalue weighted by Crippen LogP contribution is -2.18. The Morgan fingerprint density at radius 3 is 1.86 bits per heavy atom. The Bertz CT molecular complexity index is 1300. The number of benzene rings is 3. The molecule has 0 saturated heterocycles. The van der Waals surface area contributed by atoms with E-state index in [1.165, 1.54) is 11.8 Å². The minimum atomic E-state index is -0.372. The van der Waals surface area contributed by atoms with Gasteiger partial charge in [-0.2, -0.15) is 9.67 Å². The molecular formula is C26H27N5O4. The van der Waals surface area contributed by atoms with Crippen molar-refractivity contribution in [3.8, 4) is 17.2 Å². The third kappa shape index (κ3) is 5.35. The zero-order chi connectivity index (χ0) is 24.6. The zero-order valence-corrected chi connectivity index (χ0v) is 19.8. The van der Waals surface area contributed by atoms with Crippen LogP contribution in [0.3, 0.4) is 0 Å². The smallest absolute Gasteiger partial charge is 0.285 e. The molecular weight excluding hydrogens is 446 g/mol. The second-order valence-corrected chi connectivity index (χ2v) is 7.51. The molecule has 35 heavy (non-hydrogen) atoms. The molecule has 9 heteroatoms. The molecule has 1 aromatic heterocycles. The number of nitrogens with zero attached hydrogens (tertiary/aromatic N) is 3. The number of carbonyl (C=O) groups excluding carboxylic acids is 1. The van der Waals surface area contributed by atoms with Crippen molar-refractivity contribution in [3.05, 3.63) is 89.5 Å². The fourth-order valence-corrected chi connectivity index (χ4v) is 3.63. The summed E-state index contributed by atoms with van der Waals surface area (Å²) >= 11 is 0. The highest BCUT2D eigenvalue weighted by molar-refractivity contribution is 5.99. The number of ether oxygens (including phenoxy) is 3. The molecule has 9 nitrogen and oxygen atoms in total. The molecule has 0 atom stereocenters. The predicted molar refractivity (Wildman–Crippen MR) is 133 cm³/mol. The van der Waals surface area contributed by atoms with Crippen molar-refractivity contribution in [1.82, 2.24) is 14.8 Å². The summed E-state index contributed by atoms with van der Waals surface area (Å²) in [6.45, 7) is 0.802. The van der Waals surface area contributed by atoms with Gasteiger partial charge in [0.1, 0.15) is 17.2 Å². The fourth-order valence-electron chi connectivity index (χ4n) is 3.63. The maximum Gasteiger partial charge on any atom is 0.285 e. The lowest BCUT2D eigenvalue weighted by Gasteiger charge is -2.11. The number of para-hydroxylation sites is 3. The number of hydrogen-bond donors (Lipinski definition) is 2. The number of nitrogens with one attached hydrogen (secondary N) is 2. The first-order valence-electron chi connectivity index (χ1n) is 11.0. The van der Waals surface area contributed by atoms with Crippen molar-refractivity contribution in [2.45, 2.75) is 13.1 Å². The normalized spacial score (nSPS) is 10.5. The third-order valence-electron chi connectivity index (χ3n) is 5.40. The average Bonchev–Trinajstić information content (AvgIpc) is 3.33. The van der Waals surface area contributed by atoms with E-state index in [4.69, 9.17) is 14.2 Å². The number of aromatic nitrogens is 3. The van der Waals surface area contributed by atoms with Gasteiger partial charge in [-0.25, -0.2) is 0 Å². The molecule has 0 unspecified atom stereocenters. The minimum Gasteiger partial charge on any atom is -0.496 e. The standard InChI is InChI=1S/C26H27N5O4/c1-33-21-13-7-4-10-18(21)16-27-25-29-26(28-17-19-11-5-8-14-22(19)34-2)31(30-25)24(32)20-12-6-9-15-23(20)35-3/h4-15H,16-17H2,1-3H3,(H2,27,28,29,30). The van der Waals surface area contributed by atoms with Crippen LogP contribution in [-0.2, 0) is 13.1 Å².